The van der Waals surface area contributed by atoms with Crippen molar-refractivity contribution in [2.75, 3.05) is 19.6 Å². The van der Waals surface area contributed by atoms with Gasteiger partial charge in [0.05, 0.1) is 4.90 Å². The van der Waals surface area contributed by atoms with Crippen LogP contribution in [0.5, 0.6) is 0 Å². The fraction of sp³-hybridized carbons (Fsp3) is 0.429. The maximum atomic E-state index is 12.2. The molecule has 4 nitrogen and oxygen atoms in total. The van der Waals surface area contributed by atoms with E-state index < -0.39 is 10.0 Å². The lowest BCUT2D eigenvalue weighted by atomic mass is 10.0. The Kier molecular flexibility index (Phi) is 6.12. The predicted molar refractivity (Wildman–Crippen MR) is 107 cm³/mol. The van der Waals surface area contributed by atoms with Crippen LogP contribution in [0.3, 0.4) is 0 Å². The number of nitrogens with one attached hydrogen (secondary N) is 1. The van der Waals surface area contributed by atoms with Crippen LogP contribution in [0, 0.1) is 0 Å². The summed E-state index contributed by atoms with van der Waals surface area (Å²) >= 11 is 0. The molecule has 1 aliphatic rings. The molecule has 1 N–H and O–H groups in total. The minimum atomic E-state index is -3.43. The van der Waals surface area contributed by atoms with Crippen LogP contribution < -0.4 is 4.72 Å². The highest BCUT2D eigenvalue weighted by Crippen LogP contribution is 2.23. The standard InChI is InChI=1S/C21H28N2O2S/c1-3-22-26(24,25)21-8-4-7-20(16-21)19-11-9-18(10-12-19)13-15-23-14-5-6-17(23)2/h4,7-12,16-17,22H,3,5-6,13-15H2,1-2H3. The van der Waals surface area contributed by atoms with Crippen molar-refractivity contribution in [1.82, 2.24) is 9.62 Å². The van der Waals surface area contributed by atoms with E-state index in [-0.39, 0.29) is 0 Å². The van der Waals surface area contributed by atoms with Gasteiger partial charge in [-0.3, -0.25) is 0 Å². The number of rotatable bonds is 7. The van der Waals surface area contributed by atoms with Crippen LogP contribution in [-0.2, 0) is 16.4 Å². The van der Waals surface area contributed by atoms with Crippen LogP contribution in [0.15, 0.2) is 53.4 Å². The first-order valence-corrected chi connectivity index (χ1v) is 10.9. The predicted octanol–water partition coefficient (Wildman–Crippen LogP) is 3.68. The first-order chi connectivity index (χ1) is 12.5. The van der Waals surface area contributed by atoms with E-state index in [1.165, 1.54) is 24.9 Å². The summed E-state index contributed by atoms with van der Waals surface area (Å²) in [5, 5.41) is 0. The highest BCUT2D eigenvalue weighted by Gasteiger charge is 2.19. The van der Waals surface area contributed by atoms with E-state index in [4.69, 9.17) is 0 Å². The van der Waals surface area contributed by atoms with Crippen molar-refractivity contribution in [1.29, 1.82) is 0 Å². The van der Waals surface area contributed by atoms with Crippen molar-refractivity contribution in [3.05, 3.63) is 54.1 Å². The summed E-state index contributed by atoms with van der Waals surface area (Å²) in [7, 11) is -3.43. The highest BCUT2D eigenvalue weighted by molar-refractivity contribution is 7.89. The van der Waals surface area contributed by atoms with Gasteiger partial charge in [-0.15, -0.1) is 0 Å². The van der Waals surface area contributed by atoms with Gasteiger partial charge in [0.15, 0.2) is 0 Å². The average molecular weight is 373 g/mol. The number of benzene rings is 2. The van der Waals surface area contributed by atoms with E-state index in [9.17, 15) is 8.42 Å². The van der Waals surface area contributed by atoms with Crippen LogP contribution in [0.25, 0.3) is 11.1 Å². The molecule has 0 radical (unpaired) electrons. The first-order valence-electron chi connectivity index (χ1n) is 9.42. The van der Waals surface area contributed by atoms with Gasteiger partial charge in [0.2, 0.25) is 10.0 Å². The SMILES string of the molecule is CCNS(=O)(=O)c1cccc(-c2ccc(CCN3CCCC3C)cc2)c1. The zero-order chi connectivity index (χ0) is 18.6. The van der Waals surface area contributed by atoms with Gasteiger partial charge < -0.3 is 4.90 Å². The molecule has 2 aromatic rings. The Hall–Kier alpha value is -1.69. The third kappa shape index (κ3) is 4.53. The molecule has 1 unspecified atom stereocenters. The molecule has 1 atom stereocenters. The van der Waals surface area contributed by atoms with Gasteiger partial charge in [0.25, 0.3) is 0 Å². The zero-order valence-electron chi connectivity index (χ0n) is 15.6. The lowest BCUT2D eigenvalue weighted by Crippen LogP contribution is -2.28. The van der Waals surface area contributed by atoms with Crippen molar-refractivity contribution < 1.29 is 8.42 Å². The summed E-state index contributed by atoms with van der Waals surface area (Å²) in [5.74, 6) is 0. The van der Waals surface area contributed by atoms with Crippen molar-refractivity contribution in [3.63, 3.8) is 0 Å². The van der Waals surface area contributed by atoms with Crippen molar-refractivity contribution in [2.45, 2.75) is 44.0 Å². The molecule has 5 heteroatoms. The molecule has 0 amide bonds. The van der Waals surface area contributed by atoms with Gasteiger partial charge in [-0.05, 0) is 61.6 Å². The fourth-order valence-corrected chi connectivity index (χ4v) is 4.66. The molecule has 26 heavy (non-hydrogen) atoms. The molecule has 0 aliphatic carbocycles. The maximum Gasteiger partial charge on any atom is 0.240 e. The third-order valence-electron chi connectivity index (χ3n) is 5.14. The number of hydrogen-bond donors (Lipinski definition) is 1. The van der Waals surface area contributed by atoms with E-state index in [0.717, 1.165) is 24.1 Å². The Morgan fingerprint density at radius 3 is 2.54 bits per heavy atom. The molecule has 0 aromatic heterocycles. The molecule has 1 fully saturated rings. The highest BCUT2D eigenvalue weighted by atomic mass is 32.2. The monoisotopic (exact) mass is 372 g/mol. The van der Waals surface area contributed by atoms with E-state index in [1.54, 1.807) is 25.1 Å². The molecule has 0 saturated carbocycles. The zero-order valence-corrected chi connectivity index (χ0v) is 16.4. The second-order valence-corrected chi connectivity index (χ2v) is 8.77. The molecule has 1 aliphatic heterocycles. The van der Waals surface area contributed by atoms with Gasteiger partial charge in [-0.2, -0.15) is 0 Å². The van der Waals surface area contributed by atoms with Gasteiger partial charge in [-0.1, -0.05) is 43.3 Å². The molecule has 3 rings (SSSR count). The average Bonchev–Trinajstić information content (AvgIpc) is 3.05. The van der Waals surface area contributed by atoms with Crippen LogP contribution in [0.4, 0.5) is 0 Å². The van der Waals surface area contributed by atoms with Gasteiger partial charge in [-0.25, -0.2) is 13.1 Å². The maximum absolute atomic E-state index is 12.2. The fourth-order valence-electron chi connectivity index (χ4n) is 3.58. The summed E-state index contributed by atoms with van der Waals surface area (Å²) in [6.45, 7) is 6.80. The molecular weight excluding hydrogens is 344 g/mol. The van der Waals surface area contributed by atoms with Crippen LogP contribution >= 0.6 is 0 Å². The summed E-state index contributed by atoms with van der Waals surface area (Å²) in [6.07, 6.45) is 3.68. The molecule has 0 spiro atoms. The quantitative estimate of drug-likeness (QED) is 0.807. The normalized spacial score (nSPS) is 18.3. The minimum absolute atomic E-state index is 0.309. The van der Waals surface area contributed by atoms with E-state index in [2.05, 4.69) is 40.8 Å². The number of sulfonamides is 1. The van der Waals surface area contributed by atoms with E-state index in [1.807, 2.05) is 6.07 Å². The summed E-state index contributed by atoms with van der Waals surface area (Å²) < 4.78 is 26.9. The summed E-state index contributed by atoms with van der Waals surface area (Å²) in [4.78, 5) is 2.87. The first kappa shape index (κ1) is 19.1. The number of likely N-dealkylation sites (tertiary alicyclic amines) is 1. The number of nitrogens with zero attached hydrogens (tertiary/aromatic N) is 1. The number of hydrogen-bond acceptors (Lipinski definition) is 3. The van der Waals surface area contributed by atoms with Crippen molar-refractivity contribution >= 4 is 10.0 Å². The van der Waals surface area contributed by atoms with Crippen LogP contribution in [-0.4, -0.2) is 39.0 Å². The minimum Gasteiger partial charge on any atom is -0.300 e. The van der Waals surface area contributed by atoms with E-state index in [0.29, 0.717) is 17.5 Å². The smallest absolute Gasteiger partial charge is 0.240 e. The largest absolute Gasteiger partial charge is 0.300 e. The van der Waals surface area contributed by atoms with Crippen LogP contribution in [0.2, 0.25) is 0 Å². The second-order valence-electron chi connectivity index (χ2n) is 7.00. The molecule has 1 heterocycles. The van der Waals surface area contributed by atoms with E-state index >= 15 is 0 Å². The molecule has 0 bridgehead atoms. The lowest BCUT2D eigenvalue weighted by Gasteiger charge is -2.20. The second kappa shape index (κ2) is 8.33. The Morgan fingerprint density at radius 1 is 1.12 bits per heavy atom. The Bertz CT molecular complexity index is 831. The lowest BCUT2D eigenvalue weighted by molar-refractivity contribution is 0.272. The van der Waals surface area contributed by atoms with Gasteiger partial charge in [0.1, 0.15) is 0 Å². The topological polar surface area (TPSA) is 49.4 Å². The molecule has 2 aromatic carbocycles. The summed E-state index contributed by atoms with van der Waals surface area (Å²) in [5.41, 5.74) is 3.28. The van der Waals surface area contributed by atoms with Crippen LogP contribution in [0.1, 0.15) is 32.3 Å². The molecular formula is C21H28N2O2S. The Morgan fingerprint density at radius 2 is 1.88 bits per heavy atom. The molecule has 140 valence electrons. The Balaban J connectivity index is 1.70. The Labute approximate surface area is 157 Å². The van der Waals surface area contributed by atoms with Crippen molar-refractivity contribution in [3.8, 4) is 11.1 Å². The van der Waals surface area contributed by atoms with Gasteiger partial charge in [0, 0.05) is 19.1 Å². The summed E-state index contributed by atoms with van der Waals surface area (Å²) in [6, 6.07) is 16.3. The third-order valence-corrected chi connectivity index (χ3v) is 6.69. The van der Waals surface area contributed by atoms with Crippen molar-refractivity contribution in [2.24, 2.45) is 0 Å². The molecule has 1 saturated heterocycles. The van der Waals surface area contributed by atoms with Gasteiger partial charge >= 0.3 is 0 Å².